The lowest BCUT2D eigenvalue weighted by Gasteiger charge is -2.29. The lowest BCUT2D eigenvalue weighted by molar-refractivity contribution is 0.459. The van der Waals surface area contributed by atoms with Crippen molar-refractivity contribution in [2.24, 2.45) is 11.7 Å². The first-order valence-corrected chi connectivity index (χ1v) is 6.33. The van der Waals surface area contributed by atoms with E-state index in [1.807, 2.05) is 6.07 Å². The van der Waals surface area contributed by atoms with Crippen molar-refractivity contribution in [3.05, 3.63) is 10.0 Å². The molecule has 1 unspecified atom stereocenters. The molecule has 1 aromatic rings. The number of anilines is 1. The molecule has 0 spiro atoms. The minimum atomic E-state index is -0.131. The van der Waals surface area contributed by atoms with Crippen molar-refractivity contribution < 1.29 is 0 Å². The highest BCUT2D eigenvalue weighted by molar-refractivity contribution is 7.16. The highest BCUT2D eigenvalue weighted by atomic mass is 35.5. The largest absolute Gasteiger partial charge is 0.355 e. The van der Waals surface area contributed by atoms with Crippen LogP contribution in [0.1, 0.15) is 24.6 Å². The summed E-state index contributed by atoms with van der Waals surface area (Å²) in [5.74, 6) is 0.603. The number of thiazole rings is 1. The number of hydrogen-bond acceptors (Lipinski definition) is 5. The van der Waals surface area contributed by atoms with Crippen molar-refractivity contribution in [2.75, 3.05) is 11.9 Å². The van der Waals surface area contributed by atoms with Gasteiger partial charge in [0.25, 0.3) is 0 Å². The lowest BCUT2D eigenvalue weighted by Crippen LogP contribution is -2.44. The van der Waals surface area contributed by atoms with Crippen LogP contribution in [0.4, 0.5) is 5.13 Å². The average Bonchev–Trinajstić information content (AvgIpc) is 3.05. The van der Waals surface area contributed by atoms with E-state index in [4.69, 9.17) is 22.6 Å². The maximum Gasteiger partial charge on any atom is 0.185 e. The Labute approximate surface area is 103 Å². The Balaban J connectivity index is 2.16. The zero-order chi connectivity index (χ0) is 11.8. The molecule has 1 saturated carbocycles. The quantitative estimate of drug-likeness (QED) is 0.866. The van der Waals surface area contributed by atoms with Gasteiger partial charge in [-0.3, -0.25) is 0 Å². The Bertz CT molecular complexity index is 435. The number of nitrogens with zero attached hydrogens (tertiary/aromatic N) is 2. The molecule has 1 aromatic heterocycles. The molecule has 0 aliphatic heterocycles. The van der Waals surface area contributed by atoms with Crippen molar-refractivity contribution >= 4 is 28.1 Å². The topological polar surface area (TPSA) is 74.7 Å². The second kappa shape index (κ2) is 4.21. The molecule has 0 radical (unpaired) electrons. The third-order valence-corrected chi connectivity index (χ3v) is 4.24. The molecular weight excluding hydrogens is 244 g/mol. The van der Waals surface area contributed by atoms with Crippen LogP contribution >= 0.6 is 22.9 Å². The minimum Gasteiger partial charge on any atom is -0.355 e. The fourth-order valence-electron chi connectivity index (χ4n) is 1.71. The van der Waals surface area contributed by atoms with Crippen molar-refractivity contribution in [3.63, 3.8) is 0 Å². The number of nitrogens with two attached hydrogens (primary N) is 1. The first kappa shape index (κ1) is 11.6. The van der Waals surface area contributed by atoms with E-state index < -0.39 is 0 Å². The van der Waals surface area contributed by atoms with Gasteiger partial charge in [0.15, 0.2) is 10.3 Å². The number of aromatic nitrogens is 1. The Kier molecular flexibility index (Phi) is 3.06. The van der Waals surface area contributed by atoms with Crippen LogP contribution in [0.15, 0.2) is 0 Å². The molecule has 1 aliphatic rings. The fraction of sp³-hybridized carbons (Fsp3) is 0.600. The monoisotopic (exact) mass is 256 g/mol. The maximum absolute atomic E-state index is 8.79. The van der Waals surface area contributed by atoms with Crippen molar-refractivity contribution in [1.29, 1.82) is 5.26 Å². The Morgan fingerprint density at radius 3 is 2.88 bits per heavy atom. The fourth-order valence-corrected chi connectivity index (χ4v) is 2.79. The summed E-state index contributed by atoms with van der Waals surface area (Å²) in [5.41, 5.74) is 5.66. The van der Waals surface area contributed by atoms with Gasteiger partial charge in [0.1, 0.15) is 10.9 Å². The van der Waals surface area contributed by atoms with Gasteiger partial charge in [-0.05, 0) is 25.7 Å². The van der Waals surface area contributed by atoms with Crippen LogP contribution in [0.25, 0.3) is 0 Å². The average molecular weight is 257 g/mol. The van der Waals surface area contributed by atoms with Gasteiger partial charge >= 0.3 is 0 Å². The molecular formula is C10H13ClN4S. The number of halogens is 1. The maximum atomic E-state index is 8.79. The summed E-state index contributed by atoms with van der Waals surface area (Å²) in [7, 11) is 0. The Morgan fingerprint density at radius 1 is 1.75 bits per heavy atom. The number of nitrogens with one attached hydrogen (secondary N) is 1. The minimum absolute atomic E-state index is 0.131. The van der Waals surface area contributed by atoms with E-state index in [0.29, 0.717) is 22.5 Å². The normalized spacial score (nSPS) is 18.9. The SMILES string of the molecule is CC(CN)(Nc1nc(Cl)c(C#N)s1)C1CC1. The van der Waals surface area contributed by atoms with E-state index in [2.05, 4.69) is 17.2 Å². The van der Waals surface area contributed by atoms with E-state index in [9.17, 15) is 0 Å². The van der Waals surface area contributed by atoms with Crippen LogP contribution in [-0.2, 0) is 0 Å². The molecule has 0 aromatic carbocycles. The highest BCUT2D eigenvalue weighted by Gasteiger charge is 2.41. The third kappa shape index (κ3) is 2.14. The standard InChI is InChI=1S/C10H13ClN4S/c1-10(5-13,6-2-3-6)15-9-14-8(11)7(4-12)16-9/h6H,2-3,5,13H2,1H3,(H,14,15). The van der Waals surface area contributed by atoms with Crippen molar-refractivity contribution in [2.45, 2.75) is 25.3 Å². The second-order valence-electron chi connectivity index (χ2n) is 4.27. The first-order valence-electron chi connectivity index (χ1n) is 5.14. The zero-order valence-electron chi connectivity index (χ0n) is 8.96. The summed E-state index contributed by atoms with van der Waals surface area (Å²) in [6.45, 7) is 2.64. The van der Waals surface area contributed by atoms with Crippen LogP contribution in [0.2, 0.25) is 5.15 Å². The van der Waals surface area contributed by atoms with Gasteiger partial charge in [-0.2, -0.15) is 5.26 Å². The molecule has 0 amide bonds. The molecule has 0 saturated heterocycles. The molecule has 1 aliphatic carbocycles. The van der Waals surface area contributed by atoms with Crippen LogP contribution in [0.3, 0.4) is 0 Å². The van der Waals surface area contributed by atoms with Gasteiger partial charge in [-0.1, -0.05) is 22.9 Å². The predicted molar refractivity (Wildman–Crippen MR) is 65.6 cm³/mol. The van der Waals surface area contributed by atoms with Gasteiger partial charge in [-0.15, -0.1) is 0 Å². The summed E-state index contributed by atoms with van der Waals surface area (Å²) >= 11 is 7.09. The van der Waals surface area contributed by atoms with E-state index in [0.717, 1.165) is 0 Å². The molecule has 1 heterocycles. The van der Waals surface area contributed by atoms with Crippen molar-refractivity contribution in [3.8, 4) is 6.07 Å². The van der Waals surface area contributed by atoms with Gasteiger partial charge in [-0.25, -0.2) is 4.98 Å². The molecule has 0 bridgehead atoms. The summed E-state index contributed by atoms with van der Waals surface area (Å²) in [5, 5.41) is 13.1. The number of hydrogen-bond donors (Lipinski definition) is 2. The lowest BCUT2D eigenvalue weighted by atomic mass is 9.96. The van der Waals surface area contributed by atoms with Crippen LogP contribution in [0.5, 0.6) is 0 Å². The van der Waals surface area contributed by atoms with Gasteiger partial charge in [0.05, 0.1) is 5.54 Å². The summed E-state index contributed by atoms with van der Waals surface area (Å²) in [4.78, 5) is 4.56. The van der Waals surface area contributed by atoms with Gasteiger partial charge in [0.2, 0.25) is 0 Å². The van der Waals surface area contributed by atoms with E-state index in [1.54, 1.807) is 0 Å². The molecule has 16 heavy (non-hydrogen) atoms. The smallest absolute Gasteiger partial charge is 0.185 e. The number of rotatable bonds is 4. The predicted octanol–water partition coefficient (Wildman–Crippen LogP) is 2.21. The van der Waals surface area contributed by atoms with E-state index in [-0.39, 0.29) is 10.7 Å². The third-order valence-electron chi connectivity index (χ3n) is 2.98. The van der Waals surface area contributed by atoms with Crippen molar-refractivity contribution in [1.82, 2.24) is 4.98 Å². The van der Waals surface area contributed by atoms with Crippen LogP contribution in [0, 0.1) is 17.2 Å². The zero-order valence-corrected chi connectivity index (χ0v) is 10.5. The summed E-state index contributed by atoms with van der Waals surface area (Å²) in [6, 6.07) is 2.02. The van der Waals surface area contributed by atoms with Gasteiger partial charge < -0.3 is 11.1 Å². The van der Waals surface area contributed by atoms with Gasteiger partial charge in [0, 0.05) is 6.54 Å². The van der Waals surface area contributed by atoms with E-state index in [1.165, 1.54) is 24.2 Å². The Hall–Kier alpha value is -0.830. The summed E-state index contributed by atoms with van der Waals surface area (Å²) in [6.07, 6.45) is 2.40. The van der Waals surface area contributed by atoms with Crippen LogP contribution in [-0.4, -0.2) is 17.1 Å². The highest BCUT2D eigenvalue weighted by Crippen LogP contribution is 2.41. The second-order valence-corrected chi connectivity index (χ2v) is 5.63. The van der Waals surface area contributed by atoms with E-state index >= 15 is 0 Å². The Morgan fingerprint density at radius 2 is 2.44 bits per heavy atom. The molecule has 86 valence electrons. The first-order chi connectivity index (χ1) is 7.59. The molecule has 3 N–H and O–H groups in total. The molecule has 4 nitrogen and oxygen atoms in total. The summed E-state index contributed by atoms with van der Waals surface area (Å²) < 4.78 is 0. The molecule has 2 rings (SSSR count). The molecule has 6 heteroatoms. The molecule has 1 fully saturated rings. The molecule has 1 atom stereocenters. The van der Waals surface area contributed by atoms with Crippen LogP contribution < -0.4 is 11.1 Å². The number of nitriles is 1.